The van der Waals surface area contributed by atoms with E-state index < -0.39 is 0 Å². The first-order valence-electron chi connectivity index (χ1n) is 19.4. The van der Waals surface area contributed by atoms with Crippen LogP contribution in [-0.4, -0.2) is 214 Å². The van der Waals surface area contributed by atoms with Gasteiger partial charge in [-0.15, -0.1) is 0 Å². The predicted molar refractivity (Wildman–Crippen MR) is 196 cm³/mol. The molecule has 3 saturated heterocycles. The van der Waals surface area contributed by atoms with Crippen LogP contribution in [0.15, 0.2) is 0 Å². The van der Waals surface area contributed by atoms with Crippen molar-refractivity contribution in [3.63, 3.8) is 0 Å². The lowest BCUT2D eigenvalue weighted by Crippen LogP contribution is -2.72. The zero-order valence-corrected chi connectivity index (χ0v) is 32.1. The molecule has 4 unspecified atom stereocenters. The fraction of sp³-hybridized carbons (Fsp3) is 1.00. The van der Waals surface area contributed by atoms with Crippen molar-refractivity contribution < 1.29 is 23.7 Å². The van der Waals surface area contributed by atoms with Crippen LogP contribution in [0.5, 0.6) is 0 Å². The van der Waals surface area contributed by atoms with Crippen LogP contribution in [0.1, 0.15) is 57.8 Å². The number of likely N-dealkylation sites (N-methyl/N-ethyl adjacent to an activating group) is 3. The van der Waals surface area contributed by atoms with Crippen molar-refractivity contribution in [3.8, 4) is 0 Å². The Hall–Kier alpha value is -0.440. The Morgan fingerprint density at radius 3 is 1.46 bits per heavy atom. The number of methoxy groups -OCH3 is 3. The topological polar surface area (TPSA) is 65.6 Å². The number of piperazine rings is 3. The van der Waals surface area contributed by atoms with Gasteiger partial charge in [-0.1, -0.05) is 19.3 Å². The summed E-state index contributed by atoms with van der Waals surface area (Å²) < 4.78 is 27.6. The molecule has 4 atom stereocenters. The van der Waals surface area contributed by atoms with E-state index in [9.17, 15) is 0 Å². The van der Waals surface area contributed by atoms with Crippen molar-refractivity contribution in [3.05, 3.63) is 0 Å². The van der Waals surface area contributed by atoms with Crippen LogP contribution >= 0.6 is 0 Å². The molecule has 48 heavy (non-hydrogen) atoms. The van der Waals surface area contributed by atoms with Gasteiger partial charge in [0.2, 0.25) is 0 Å². The molecule has 0 spiro atoms. The van der Waals surface area contributed by atoms with Gasteiger partial charge < -0.3 is 33.5 Å². The average Bonchev–Trinajstić information content (AvgIpc) is 3.09. The third kappa shape index (κ3) is 15.4. The molecule has 0 aliphatic carbocycles. The summed E-state index contributed by atoms with van der Waals surface area (Å²) in [6.07, 6.45) is 10.6. The van der Waals surface area contributed by atoms with Crippen molar-refractivity contribution in [1.82, 2.24) is 29.4 Å². The van der Waals surface area contributed by atoms with E-state index in [1.54, 1.807) is 14.2 Å². The number of hydrogen-bond acceptors (Lipinski definition) is 11. The van der Waals surface area contributed by atoms with E-state index in [0.29, 0.717) is 24.2 Å². The molecule has 3 aliphatic rings. The minimum atomic E-state index is 0.486. The molecule has 11 heteroatoms. The Morgan fingerprint density at radius 1 is 0.396 bits per heavy atom. The van der Waals surface area contributed by atoms with Crippen molar-refractivity contribution in [2.24, 2.45) is 0 Å². The molecule has 0 radical (unpaired) electrons. The maximum atomic E-state index is 6.15. The van der Waals surface area contributed by atoms with Crippen LogP contribution in [0.3, 0.4) is 0 Å². The highest BCUT2D eigenvalue weighted by Crippen LogP contribution is 2.27. The van der Waals surface area contributed by atoms with E-state index in [0.717, 1.165) is 124 Å². The minimum absolute atomic E-state index is 0.486. The number of hydrogen-bond donors (Lipinski definition) is 0. The van der Waals surface area contributed by atoms with Crippen molar-refractivity contribution in [2.45, 2.75) is 82.0 Å². The first-order chi connectivity index (χ1) is 23.5. The number of ether oxygens (including phenoxy) is 5. The SMILES string of the molecule is COCCCCCCCN1CCN(C)C(C2CN(CCOCCCCOC)CC(C3CN(CCCOCCCOC)CCN3C)N2C)C1. The van der Waals surface area contributed by atoms with E-state index in [1.807, 2.05) is 7.11 Å². The molecular formula is C37H76N6O5. The third-order valence-corrected chi connectivity index (χ3v) is 11.0. The average molecular weight is 685 g/mol. The quantitative estimate of drug-likeness (QED) is 0.127. The summed E-state index contributed by atoms with van der Waals surface area (Å²) in [7, 11) is 12.5. The van der Waals surface area contributed by atoms with Crippen molar-refractivity contribution >= 4 is 0 Å². The summed E-state index contributed by atoms with van der Waals surface area (Å²) in [4.78, 5) is 16.3. The summed E-state index contributed by atoms with van der Waals surface area (Å²) in [5, 5.41) is 0. The van der Waals surface area contributed by atoms with Gasteiger partial charge in [0.15, 0.2) is 0 Å². The summed E-state index contributed by atoms with van der Waals surface area (Å²) in [5.74, 6) is 0. The van der Waals surface area contributed by atoms with E-state index in [4.69, 9.17) is 23.7 Å². The lowest BCUT2D eigenvalue weighted by atomic mass is 9.92. The highest BCUT2D eigenvalue weighted by atomic mass is 16.5. The fourth-order valence-electron chi connectivity index (χ4n) is 7.89. The molecule has 0 aromatic carbocycles. The molecule has 0 amide bonds. The summed E-state index contributed by atoms with van der Waals surface area (Å²) in [6.45, 7) is 18.2. The molecule has 3 rings (SSSR count). The lowest BCUT2D eigenvalue weighted by molar-refractivity contribution is -0.0654. The van der Waals surface area contributed by atoms with Gasteiger partial charge in [-0.05, 0) is 66.2 Å². The Balaban J connectivity index is 1.60. The van der Waals surface area contributed by atoms with Gasteiger partial charge in [0, 0.05) is 151 Å². The largest absolute Gasteiger partial charge is 0.385 e. The number of unbranched alkanes of at least 4 members (excludes halogenated alkanes) is 5. The van der Waals surface area contributed by atoms with Crippen molar-refractivity contribution in [2.75, 3.05) is 161 Å². The molecule has 3 fully saturated rings. The zero-order valence-electron chi connectivity index (χ0n) is 32.1. The second-order valence-electron chi connectivity index (χ2n) is 14.6. The summed E-state index contributed by atoms with van der Waals surface area (Å²) in [5.41, 5.74) is 0. The molecule has 284 valence electrons. The minimum Gasteiger partial charge on any atom is -0.385 e. The van der Waals surface area contributed by atoms with E-state index >= 15 is 0 Å². The molecular weight excluding hydrogens is 608 g/mol. The van der Waals surface area contributed by atoms with Gasteiger partial charge in [0.25, 0.3) is 0 Å². The van der Waals surface area contributed by atoms with Crippen LogP contribution < -0.4 is 0 Å². The van der Waals surface area contributed by atoms with Crippen LogP contribution in [0.25, 0.3) is 0 Å². The maximum absolute atomic E-state index is 6.15. The second kappa shape index (κ2) is 25.5. The maximum Gasteiger partial charge on any atom is 0.0593 e. The van der Waals surface area contributed by atoms with Gasteiger partial charge in [0.05, 0.1) is 6.61 Å². The molecule has 0 aromatic heterocycles. The Labute approximate surface area is 295 Å². The number of rotatable bonds is 26. The normalized spacial score (nSPS) is 26.1. The predicted octanol–water partition coefficient (Wildman–Crippen LogP) is 2.69. The first kappa shape index (κ1) is 42.0. The Bertz CT molecular complexity index is 735. The van der Waals surface area contributed by atoms with E-state index in [1.165, 1.54) is 51.7 Å². The summed E-state index contributed by atoms with van der Waals surface area (Å²) >= 11 is 0. The monoisotopic (exact) mass is 685 g/mol. The van der Waals surface area contributed by atoms with Crippen LogP contribution in [0, 0.1) is 0 Å². The van der Waals surface area contributed by atoms with Gasteiger partial charge >= 0.3 is 0 Å². The second-order valence-corrected chi connectivity index (χ2v) is 14.6. The molecule has 3 heterocycles. The zero-order chi connectivity index (χ0) is 34.4. The van der Waals surface area contributed by atoms with E-state index in [-0.39, 0.29) is 0 Å². The van der Waals surface area contributed by atoms with Gasteiger partial charge in [0.1, 0.15) is 0 Å². The first-order valence-corrected chi connectivity index (χ1v) is 19.4. The van der Waals surface area contributed by atoms with Crippen LogP contribution in [-0.2, 0) is 23.7 Å². The van der Waals surface area contributed by atoms with E-state index in [2.05, 4.69) is 50.5 Å². The van der Waals surface area contributed by atoms with Crippen LogP contribution in [0.2, 0.25) is 0 Å². The molecule has 11 nitrogen and oxygen atoms in total. The lowest BCUT2D eigenvalue weighted by Gasteiger charge is -2.55. The Kier molecular flexibility index (Phi) is 22.3. The smallest absolute Gasteiger partial charge is 0.0593 e. The summed E-state index contributed by atoms with van der Waals surface area (Å²) in [6, 6.07) is 2.02. The molecule has 3 aliphatic heterocycles. The molecule has 0 bridgehead atoms. The van der Waals surface area contributed by atoms with Gasteiger partial charge in [-0.3, -0.25) is 19.6 Å². The molecule has 0 N–H and O–H groups in total. The highest BCUT2D eigenvalue weighted by Gasteiger charge is 2.44. The number of nitrogens with zero attached hydrogens (tertiary/aromatic N) is 6. The molecule has 0 aromatic rings. The standard InChI is InChI=1S/C37H76N6O5/c1-38-18-20-41(16-10-8-7-9-11-23-44-4)30-34(38)36-32-43(22-29-48-26-13-12-24-45-5)33-37(40(36)3)35-31-42(21-19-39(35)2)17-14-27-47-28-15-25-46-6/h34-37H,7-33H2,1-6H3. The van der Waals surface area contributed by atoms with Gasteiger partial charge in [-0.25, -0.2) is 0 Å². The van der Waals surface area contributed by atoms with Crippen LogP contribution in [0.4, 0.5) is 0 Å². The van der Waals surface area contributed by atoms with Crippen molar-refractivity contribution in [1.29, 1.82) is 0 Å². The highest BCUT2D eigenvalue weighted by molar-refractivity contribution is 5.02. The molecule has 0 saturated carbocycles. The fourth-order valence-corrected chi connectivity index (χ4v) is 7.89. The Morgan fingerprint density at radius 2 is 0.833 bits per heavy atom. The van der Waals surface area contributed by atoms with Gasteiger partial charge in [-0.2, -0.15) is 0 Å². The third-order valence-electron chi connectivity index (χ3n) is 11.0.